The Balaban J connectivity index is 1.70. The number of carbonyl (C=O) groups is 1. The van der Waals surface area contributed by atoms with Crippen LogP contribution in [-0.4, -0.2) is 32.8 Å². The average molecular weight is 526 g/mol. The molecule has 0 radical (unpaired) electrons. The summed E-state index contributed by atoms with van der Waals surface area (Å²) in [5.74, 6) is 0.625. The number of hydrogen-bond donors (Lipinski definition) is 2. The summed E-state index contributed by atoms with van der Waals surface area (Å²) in [5.41, 5.74) is 7.55. The lowest BCUT2D eigenvalue weighted by atomic mass is 9.92. The molecule has 9 nitrogen and oxygen atoms in total. The van der Waals surface area contributed by atoms with Gasteiger partial charge in [-0.05, 0) is 42.5 Å². The van der Waals surface area contributed by atoms with Crippen molar-refractivity contribution >= 4 is 34.3 Å². The second-order valence-electron chi connectivity index (χ2n) is 9.92. The van der Waals surface area contributed by atoms with Gasteiger partial charge in [0.2, 0.25) is 0 Å². The number of pyridine rings is 2. The highest BCUT2D eigenvalue weighted by Gasteiger charge is 2.30. The standard InChI is InChI=1S/C29H28FN7O2/c1-29(2,3)24-17-26(37(35-24)19-10-11-22-18(15-19)7-6-13-33-22)36(28(31)38)27-21(30)8-5-9-23(27)39-20-12-14-34-25(16-20)32-4/h5-17H,1-4H3,(H2,31,38)(H,32,34). The van der Waals surface area contributed by atoms with Gasteiger partial charge < -0.3 is 15.8 Å². The van der Waals surface area contributed by atoms with Crippen LogP contribution in [0.2, 0.25) is 0 Å². The highest BCUT2D eigenvalue weighted by molar-refractivity contribution is 5.99. The number of rotatable bonds is 6. The number of para-hydroxylation sites is 1. The molecule has 2 aromatic carbocycles. The molecule has 0 aliphatic heterocycles. The minimum Gasteiger partial charge on any atom is -0.455 e. The fourth-order valence-corrected chi connectivity index (χ4v) is 4.15. The summed E-state index contributed by atoms with van der Waals surface area (Å²) in [6.07, 6.45) is 3.28. The molecule has 5 rings (SSSR count). The number of nitrogens with two attached hydrogens (primary N) is 1. The molecule has 0 saturated heterocycles. The van der Waals surface area contributed by atoms with Gasteiger partial charge >= 0.3 is 6.03 Å². The first-order chi connectivity index (χ1) is 18.7. The van der Waals surface area contributed by atoms with Crippen LogP contribution in [0.3, 0.4) is 0 Å². The molecule has 198 valence electrons. The topological polar surface area (TPSA) is 111 Å². The maximum absolute atomic E-state index is 15.6. The first-order valence-electron chi connectivity index (χ1n) is 12.3. The highest BCUT2D eigenvalue weighted by Crippen LogP contribution is 2.41. The van der Waals surface area contributed by atoms with Crippen molar-refractivity contribution in [3.05, 3.63) is 90.6 Å². The molecule has 0 aliphatic rings. The zero-order valence-electron chi connectivity index (χ0n) is 22.0. The van der Waals surface area contributed by atoms with Crippen molar-refractivity contribution in [2.24, 2.45) is 5.73 Å². The normalized spacial score (nSPS) is 11.4. The van der Waals surface area contributed by atoms with Crippen molar-refractivity contribution in [1.82, 2.24) is 19.7 Å². The first kappa shape index (κ1) is 25.7. The van der Waals surface area contributed by atoms with Crippen molar-refractivity contribution < 1.29 is 13.9 Å². The maximum atomic E-state index is 15.6. The Morgan fingerprint density at radius 3 is 2.59 bits per heavy atom. The third kappa shape index (κ3) is 5.08. The number of fused-ring (bicyclic) bond motifs is 1. The number of carbonyl (C=O) groups excluding carboxylic acids is 1. The lowest BCUT2D eigenvalue weighted by Gasteiger charge is -2.24. The van der Waals surface area contributed by atoms with Gasteiger partial charge in [-0.3, -0.25) is 4.98 Å². The molecule has 5 aromatic rings. The Morgan fingerprint density at radius 2 is 1.85 bits per heavy atom. The summed E-state index contributed by atoms with van der Waals surface area (Å²) in [7, 11) is 1.73. The van der Waals surface area contributed by atoms with Crippen LogP contribution in [0.25, 0.3) is 16.6 Å². The third-order valence-corrected chi connectivity index (χ3v) is 6.13. The summed E-state index contributed by atoms with van der Waals surface area (Å²) in [6, 6.07) is 17.8. The molecule has 0 bridgehead atoms. The van der Waals surface area contributed by atoms with E-state index >= 15 is 4.39 Å². The van der Waals surface area contributed by atoms with Crippen LogP contribution in [0.1, 0.15) is 26.5 Å². The van der Waals surface area contributed by atoms with Crippen LogP contribution in [0.5, 0.6) is 11.5 Å². The van der Waals surface area contributed by atoms with Crippen LogP contribution in [0.4, 0.5) is 26.5 Å². The van der Waals surface area contributed by atoms with Gasteiger partial charge in [-0.15, -0.1) is 0 Å². The van der Waals surface area contributed by atoms with E-state index in [1.807, 2.05) is 51.1 Å². The van der Waals surface area contributed by atoms with Crippen molar-refractivity contribution in [2.45, 2.75) is 26.2 Å². The van der Waals surface area contributed by atoms with Crippen molar-refractivity contribution in [3.8, 4) is 17.2 Å². The third-order valence-electron chi connectivity index (χ3n) is 6.13. The van der Waals surface area contributed by atoms with E-state index in [9.17, 15) is 4.79 Å². The molecule has 3 N–H and O–H groups in total. The minimum absolute atomic E-state index is 0.0924. The number of halogens is 1. The van der Waals surface area contributed by atoms with Crippen LogP contribution in [0, 0.1) is 5.82 Å². The Labute approximate surface area is 225 Å². The Kier molecular flexibility index (Phi) is 6.61. The fourth-order valence-electron chi connectivity index (χ4n) is 4.15. The molecule has 3 heterocycles. The molecule has 0 saturated carbocycles. The van der Waals surface area contributed by atoms with E-state index in [2.05, 4.69) is 15.3 Å². The predicted octanol–water partition coefficient (Wildman–Crippen LogP) is 6.30. The number of amides is 2. The highest BCUT2D eigenvalue weighted by atomic mass is 19.1. The Hall–Kier alpha value is -4.99. The van der Waals surface area contributed by atoms with Crippen LogP contribution in [-0.2, 0) is 5.41 Å². The van der Waals surface area contributed by atoms with E-state index in [4.69, 9.17) is 15.6 Å². The number of primary amides is 1. The molecule has 2 amide bonds. The van der Waals surface area contributed by atoms with Gasteiger partial charge in [0.15, 0.2) is 11.6 Å². The number of anilines is 3. The molecule has 39 heavy (non-hydrogen) atoms. The lowest BCUT2D eigenvalue weighted by Crippen LogP contribution is -2.34. The van der Waals surface area contributed by atoms with E-state index in [-0.39, 0.29) is 22.7 Å². The number of urea groups is 1. The average Bonchev–Trinajstić information content (AvgIpc) is 3.36. The van der Waals surface area contributed by atoms with E-state index in [1.165, 1.54) is 12.1 Å². The molecule has 0 aliphatic carbocycles. The van der Waals surface area contributed by atoms with E-state index in [0.29, 0.717) is 22.9 Å². The first-order valence-corrected chi connectivity index (χ1v) is 12.3. The molecule has 3 aromatic heterocycles. The van der Waals surface area contributed by atoms with Crippen molar-refractivity contribution in [1.29, 1.82) is 0 Å². The van der Waals surface area contributed by atoms with Gasteiger partial charge in [-0.25, -0.2) is 23.8 Å². The predicted molar refractivity (Wildman–Crippen MR) is 150 cm³/mol. The number of ether oxygens (including phenoxy) is 1. The second-order valence-corrected chi connectivity index (χ2v) is 9.92. The molecule has 0 fully saturated rings. The van der Waals surface area contributed by atoms with Gasteiger partial charge in [0.1, 0.15) is 23.1 Å². The van der Waals surface area contributed by atoms with Crippen LogP contribution >= 0.6 is 0 Å². The van der Waals surface area contributed by atoms with Crippen molar-refractivity contribution in [2.75, 3.05) is 17.3 Å². The molecule has 0 atom stereocenters. The largest absolute Gasteiger partial charge is 0.455 e. The zero-order valence-corrected chi connectivity index (χ0v) is 22.0. The Bertz CT molecular complexity index is 1680. The van der Waals surface area contributed by atoms with Gasteiger partial charge in [0.05, 0.1) is 16.9 Å². The van der Waals surface area contributed by atoms with Gasteiger partial charge in [-0.1, -0.05) is 32.9 Å². The van der Waals surface area contributed by atoms with Crippen molar-refractivity contribution in [3.63, 3.8) is 0 Å². The van der Waals surface area contributed by atoms with E-state index in [0.717, 1.165) is 15.8 Å². The minimum atomic E-state index is -0.903. The van der Waals surface area contributed by atoms with Crippen LogP contribution < -0.4 is 20.7 Å². The second kappa shape index (κ2) is 10.1. The monoisotopic (exact) mass is 525 g/mol. The summed E-state index contributed by atoms with van der Waals surface area (Å²) in [4.78, 5) is 22.7. The van der Waals surface area contributed by atoms with E-state index in [1.54, 1.807) is 48.4 Å². The molecule has 0 spiro atoms. The number of nitrogens with zero attached hydrogens (tertiary/aromatic N) is 5. The molecular weight excluding hydrogens is 497 g/mol. The summed E-state index contributed by atoms with van der Waals surface area (Å²) in [6.45, 7) is 6.01. The number of nitrogens with one attached hydrogen (secondary N) is 1. The summed E-state index contributed by atoms with van der Waals surface area (Å²) < 4.78 is 23.2. The molecular formula is C29H28FN7O2. The number of aromatic nitrogens is 4. The zero-order chi connectivity index (χ0) is 27.7. The van der Waals surface area contributed by atoms with Gasteiger partial charge in [0.25, 0.3) is 0 Å². The van der Waals surface area contributed by atoms with Gasteiger partial charge in [0, 0.05) is 42.4 Å². The lowest BCUT2D eigenvalue weighted by molar-refractivity contribution is 0.255. The summed E-state index contributed by atoms with van der Waals surface area (Å²) in [5, 5.41) is 8.64. The quantitative estimate of drug-likeness (QED) is 0.269. The molecule has 0 unspecified atom stereocenters. The van der Waals surface area contributed by atoms with Gasteiger partial charge in [-0.2, -0.15) is 5.10 Å². The number of hydrogen-bond acceptors (Lipinski definition) is 6. The Morgan fingerprint density at radius 1 is 1.03 bits per heavy atom. The maximum Gasteiger partial charge on any atom is 0.325 e. The molecule has 10 heteroatoms. The van der Waals surface area contributed by atoms with Crippen LogP contribution in [0.15, 0.2) is 79.1 Å². The van der Waals surface area contributed by atoms with E-state index < -0.39 is 11.8 Å². The smallest absolute Gasteiger partial charge is 0.325 e. The summed E-state index contributed by atoms with van der Waals surface area (Å²) >= 11 is 0. The fraction of sp³-hybridized carbons (Fsp3) is 0.172. The number of benzene rings is 2. The SMILES string of the molecule is CNc1cc(Oc2cccc(F)c2N(C(N)=O)c2cc(C(C)(C)C)nn2-c2ccc3ncccc3c2)ccn1.